The summed E-state index contributed by atoms with van der Waals surface area (Å²) in [5.41, 5.74) is 0.630. The first-order valence-corrected chi connectivity index (χ1v) is 4.51. The van der Waals surface area contributed by atoms with E-state index in [1.165, 1.54) is 4.90 Å². The Bertz CT molecular complexity index is 258. The maximum atomic E-state index is 11.5. The van der Waals surface area contributed by atoms with Crippen LogP contribution in [0.1, 0.15) is 20.8 Å². The van der Waals surface area contributed by atoms with Gasteiger partial charge in [-0.25, -0.2) is 0 Å². The minimum absolute atomic E-state index is 0.124. The zero-order valence-electron chi connectivity index (χ0n) is 9.07. The number of hydrogen-bond acceptors (Lipinski definition) is 2. The average molecular weight is 199 g/mol. The van der Waals surface area contributed by atoms with Gasteiger partial charge in [-0.3, -0.25) is 9.59 Å². The molecular weight excluding hydrogens is 182 g/mol. The summed E-state index contributed by atoms with van der Waals surface area (Å²) in [4.78, 5) is 23.5. The lowest BCUT2D eigenvalue weighted by molar-refractivity contribution is -0.142. The molecule has 0 aromatic rings. The van der Waals surface area contributed by atoms with Crippen molar-refractivity contribution in [3.05, 3.63) is 11.6 Å². The maximum Gasteiger partial charge on any atom is 0.308 e. The van der Waals surface area contributed by atoms with Crippen LogP contribution in [0.25, 0.3) is 0 Å². The fourth-order valence-corrected chi connectivity index (χ4v) is 0.996. The molecular formula is C10H17NO3. The van der Waals surface area contributed by atoms with Crippen LogP contribution in [0.5, 0.6) is 0 Å². The monoisotopic (exact) mass is 199 g/mol. The first-order chi connectivity index (χ1) is 6.40. The van der Waals surface area contributed by atoms with Crippen molar-refractivity contribution >= 4 is 11.9 Å². The Kier molecular flexibility index (Phi) is 4.91. The smallest absolute Gasteiger partial charge is 0.308 e. The van der Waals surface area contributed by atoms with Crippen LogP contribution < -0.4 is 0 Å². The van der Waals surface area contributed by atoms with Crippen LogP contribution in [0.4, 0.5) is 0 Å². The third-order valence-electron chi connectivity index (χ3n) is 2.09. The summed E-state index contributed by atoms with van der Waals surface area (Å²) in [7, 11) is 1.61. The lowest BCUT2D eigenvalue weighted by atomic mass is 10.1. The van der Waals surface area contributed by atoms with Crippen LogP contribution in [0.15, 0.2) is 11.6 Å². The predicted molar refractivity (Wildman–Crippen MR) is 53.9 cm³/mol. The Labute approximate surface area is 84.2 Å². The van der Waals surface area contributed by atoms with Gasteiger partial charge in [-0.05, 0) is 13.8 Å². The highest BCUT2D eigenvalue weighted by Crippen LogP contribution is 2.03. The number of amides is 1. The molecule has 4 nitrogen and oxygen atoms in total. The van der Waals surface area contributed by atoms with E-state index in [0.29, 0.717) is 5.57 Å². The Morgan fingerprint density at radius 2 is 2.00 bits per heavy atom. The topological polar surface area (TPSA) is 57.6 Å². The Balaban J connectivity index is 4.28. The zero-order valence-corrected chi connectivity index (χ0v) is 9.07. The van der Waals surface area contributed by atoms with Gasteiger partial charge >= 0.3 is 5.97 Å². The molecule has 0 fully saturated rings. The van der Waals surface area contributed by atoms with Crippen LogP contribution in [0.2, 0.25) is 0 Å². The Hall–Kier alpha value is -1.32. The van der Waals surface area contributed by atoms with E-state index in [1.54, 1.807) is 33.9 Å². The van der Waals surface area contributed by atoms with Crippen molar-refractivity contribution in [2.75, 3.05) is 13.6 Å². The van der Waals surface area contributed by atoms with Gasteiger partial charge in [0, 0.05) is 19.2 Å². The van der Waals surface area contributed by atoms with Gasteiger partial charge in [-0.2, -0.15) is 0 Å². The first kappa shape index (κ1) is 12.7. The highest BCUT2D eigenvalue weighted by molar-refractivity contribution is 5.92. The molecule has 0 saturated carbocycles. The molecule has 0 spiro atoms. The summed E-state index contributed by atoms with van der Waals surface area (Å²) in [5, 5.41) is 8.66. The van der Waals surface area contributed by atoms with Crippen LogP contribution >= 0.6 is 0 Å². The van der Waals surface area contributed by atoms with E-state index in [-0.39, 0.29) is 12.5 Å². The molecule has 0 aromatic heterocycles. The van der Waals surface area contributed by atoms with Crippen LogP contribution in [-0.4, -0.2) is 35.5 Å². The SMILES string of the molecule is C/C=C(/C)C(=O)N(C)CC(C)C(=O)O. The van der Waals surface area contributed by atoms with Gasteiger partial charge in [0.1, 0.15) is 0 Å². The Morgan fingerprint density at radius 1 is 1.50 bits per heavy atom. The molecule has 1 unspecified atom stereocenters. The lowest BCUT2D eigenvalue weighted by Gasteiger charge is -2.19. The van der Waals surface area contributed by atoms with Crippen molar-refractivity contribution in [3.63, 3.8) is 0 Å². The fraction of sp³-hybridized carbons (Fsp3) is 0.600. The third-order valence-corrected chi connectivity index (χ3v) is 2.09. The van der Waals surface area contributed by atoms with Gasteiger partial charge in [0.2, 0.25) is 5.91 Å². The number of carboxylic acids is 1. The highest BCUT2D eigenvalue weighted by Gasteiger charge is 2.17. The molecule has 0 saturated heterocycles. The minimum atomic E-state index is -0.886. The van der Waals surface area contributed by atoms with E-state index in [2.05, 4.69) is 0 Å². The molecule has 0 aliphatic carbocycles. The number of rotatable bonds is 4. The second-order valence-corrected chi connectivity index (χ2v) is 3.40. The standard InChI is InChI=1S/C10H17NO3/c1-5-7(2)9(12)11(4)6-8(3)10(13)14/h5,8H,6H2,1-4H3,(H,13,14)/b7-5-. The number of aliphatic carboxylic acids is 1. The maximum absolute atomic E-state index is 11.5. The molecule has 14 heavy (non-hydrogen) atoms. The van der Waals surface area contributed by atoms with E-state index < -0.39 is 11.9 Å². The van der Waals surface area contributed by atoms with Crippen LogP contribution in [0, 0.1) is 5.92 Å². The molecule has 1 N–H and O–H groups in total. The van der Waals surface area contributed by atoms with E-state index >= 15 is 0 Å². The van der Waals surface area contributed by atoms with Crippen LogP contribution in [-0.2, 0) is 9.59 Å². The van der Waals surface area contributed by atoms with E-state index in [9.17, 15) is 9.59 Å². The predicted octanol–water partition coefficient (Wildman–Crippen LogP) is 1.13. The first-order valence-electron chi connectivity index (χ1n) is 4.51. The van der Waals surface area contributed by atoms with Crippen molar-refractivity contribution in [3.8, 4) is 0 Å². The second-order valence-electron chi connectivity index (χ2n) is 3.40. The largest absolute Gasteiger partial charge is 0.481 e. The summed E-state index contributed by atoms with van der Waals surface area (Å²) in [5.74, 6) is -1.54. The number of carbonyl (C=O) groups excluding carboxylic acids is 1. The van der Waals surface area contributed by atoms with Gasteiger partial charge in [-0.15, -0.1) is 0 Å². The summed E-state index contributed by atoms with van der Waals surface area (Å²) >= 11 is 0. The average Bonchev–Trinajstić information content (AvgIpc) is 2.14. The normalized spacial score (nSPS) is 13.6. The van der Waals surface area contributed by atoms with Gasteiger partial charge in [0.15, 0.2) is 0 Å². The summed E-state index contributed by atoms with van der Waals surface area (Å²) < 4.78 is 0. The lowest BCUT2D eigenvalue weighted by Crippen LogP contribution is -2.34. The van der Waals surface area contributed by atoms with E-state index in [1.807, 2.05) is 0 Å². The van der Waals surface area contributed by atoms with Crippen molar-refractivity contribution in [2.24, 2.45) is 5.92 Å². The molecule has 0 aliphatic rings. The molecule has 0 aliphatic heterocycles. The molecule has 0 bridgehead atoms. The number of carbonyl (C=O) groups is 2. The fourth-order valence-electron chi connectivity index (χ4n) is 0.996. The molecule has 1 atom stereocenters. The van der Waals surface area contributed by atoms with E-state index in [4.69, 9.17) is 5.11 Å². The Morgan fingerprint density at radius 3 is 2.36 bits per heavy atom. The number of likely N-dealkylation sites (N-methyl/N-ethyl adjacent to an activating group) is 1. The van der Waals surface area contributed by atoms with Crippen molar-refractivity contribution < 1.29 is 14.7 Å². The summed E-state index contributed by atoms with van der Waals surface area (Å²) in [6.45, 7) is 5.31. The minimum Gasteiger partial charge on any atom is -0.481 e. The number of hydrogen-bond donors (Lipinski definition) is 1. The molecule has 0 heterocycles. The van der Waals surface area contributed by atoms with Crippen LogP contribution in [0.3, 0.4) is 0 Å². The quantitative estimate of drug-likeness (QED) is 0.690. The van der Waals surface area contributed by atoms with Crippen molar-refractivity contribution in [2.45, 2.75) is 20.8 Å². The van der Waals surface area contributed by atoms with Gasteiger partial charge < -0.3 is 10.0 Å². The third kappa shape index (κ3) is 3.60. The summed E-state index contributed by atoms with van der Waals surface area (Å²) in [6.07, 6.45) is 1.71. The van der Waals surface area contributed by atoms with Gasteiger partial charge in [-0.1, -0.05) is 13.0 Å². The van der Waals surface area contributed by atoms with Crippen molar-refractivity contribution in [1.82, 2.24) is 4.90 Å². The number of allylic oxidation sites excluding steroid dienone is 1. The number of carboxylic acid groups (broad SMARTS) is 1. The highest BCUT2D eigenvalue weighted by atomic mass is 16.4. The molecule has 0 radical (unpaired) electrons. The molecule has 0 rings (SSSR count). The number of nitrogens with zero attached hydrogens (tertiary/aromatic N) is 1. The molecule has 80 valence electrons. The van der Waals surface area contributed by atoms with Crippen molar-refractivity contribution in [1.29, 1.82) is 0 Å². The van der Waals surface area contributed by atoms with Gasteiger partial charge in [0.05, 0.1) is 5.92 Å². The molecule has 1 amide bonds. The second kappa shape index (κ2) is 5.42. The van der Waals surface area contributed by atoms with E-state index in [0.717, 1.165) is 0 Å². The van der Waals surface area contributed by atoms with Gasteiger partial charge in [0.25, 0.3) is 0 Å². The molecule has 0 aromatic carbocycles. The molecule has 4 heteroatoms. The zero-order chi connectivity index (χ0) is 11.3. The summed E-state index contributed by atoms with van der Waals surface area (Å²) in [6, 6.07) is 0.